The lowest BCUT2D eigenvalue weighted by molar-refractivity contribution is 0.479. The van der Waals surface area contributed by atoms with Crippen LogP contribution in [-0.4, -0.2) is 4.98 Å². The van der Waals surface area contributed by atoms with Crippen LogP contribution in [0.25, 0.3) is 0 Å². The summed E-state index contributed by atoms with van der Waals surface area (Å²) >= 11 is 6.10. The average Bonchev–Trinajstić information content (AvgIpc) is 2.33. The molecular weight excluding hydrogens is 260 g/mol. The van der Waals surface area contributed by atoms with Crippen molar-refractivity contribution in [3.63, 3.8) is 0 Å². The molecule has 96 valence electrons. The zero-order chi connectivity index (χ0) is 14.0. The largest absolute Gasteiger partial charge is 0.454 e. The molecule has 0 N–H and O–H groups in total. The quantitative estimate of drug-likeness (QED) is 0.818. The number of nitriles is 1. The average molecular weight is 273 g/mol. The molecule has 0 unspecified atom stereocenters. The first kappa shape index (κ1) is 13.4. The number of hydrogen-bond donors (Lipinski definition) is 0. The third-order valence-electron chi connectivity index (χ3n) is 2.71. The molecule has 0 fully saturated rings. The summed E-state index contributed by atoms with van der Waals surface area (Å²) in [5.41, 5.74) is 2.93. The van der Waals surface area contributed by atoms with E-state index < -0.39 is 0 Å². The van der Waals surface area contributed by atoms with Gasteiger partial charge in [0.25, 0.3) is 0 Å². The molecule has 0 aliphatic rings. The summed E-state index contributed by atoms with van der Waals surface area (Å²) in [6, 6.07) is 9.38. The lowest BCUT2D eigenvalue weighted by Crippen LogP contribution is -1.96. The minimum absolute atomic E-state index is 0.433. The summed E-state index contributed by atoms with van der Waals surface area (Å²) in [7, 11) is 0. The van der Waals surface area contributed by atoms with Crippen molar-refractivity contribution in [1.82, 2.24) is 4.98 Å². The smallest absolute Gasteiger partial charge is 0.148 e. The SMILES string of the molecule is Cc1ccc(Cl)c(Oc2cc(C)nc(C)c2C#N)c1. The Morgan fingerprint density at radius 1 is 1.16 bits per heavy atom. The van der Waals surface area contributed by atoms with E-state index in [1.807, 2.05) is 26.0 Å². The Labute approximate surface area is 117 Å². The standard InChI is InChI=1S/C15H13ClN2O/c1-9-4-5-13(16)15(6-9)19-14-7-10(2)18-11(3)12(14)8-17/h4-7H,1-3H3. The molecule has 0 aliphatic heterocycles. The van der Waals surface area contributed by atoms with E-state index in [4.69, 9.17) is 16.3 Å². The Kier molecular flexibility index (Phi) is 3.73. The Bertz CT molecular complexity index is 675. The van der Waals surface area contributed by atoms with Crippen LogP contribution in [0.1, 0.15) is 22.5 Å². The second-order valence-corrected chi connectivity index (χ2v) is 4.78. The van der Waals surface area contributed by atoms with Gasteiger partial charge < -0.3 is 4.74 Å². The van der Waals surface area contributed by atoms with Gasteiger partial charge in [-0.3, -0.25) is 4.98 Å². The summed E-state index contributed by atoms with van der Waals surface area (Å²) < 4.78 is 5.78. The minimum Gasteiger partial charge on any atom is -0.454 e. The van der Waals surface area contributed by atoms with Crippen LogP contribution < -0.4 is 4.74 Å². The normalized spacial score (nSPS) is 10.1. The highest BCUT2D eigenvalue weighted by atomic mass is 35.5. The molecule has 3 nitrogen and oxygen atoms in total. The fourth-order valence-corrected chi connectivity index (χ4v) is 1.97. The molecule has 0 amide bonds. The second kappa shape index (κ2) is 5.29. The number of pyridine rings is 1. The Morgan fingerprint density at radius 3 is 2.58 bits per heavy atom. The zero-order valence-electron chi connectivity index (χ0n) is 11.0. The summed E-state index contributed by atoms with van der Waals surface area (Å²) in [6.45, 7) is 5.60. The lowest BCUT2D eigenvalue weighted by Gasteiger charge is -2.11. The van der Waals surface area contributed by atoms with Gasteiger partial charge in [0.05, 0.1) is 10.7 Å². The molecule has 1 aromatic heterocycles. The number of benzene rings is 1. The third kappa shape index (κ3) is 2.86. The minimum atomic E-state index is 0.433. The second-order valence-electron chi connectivity index (χ2n) is 4.37. The van der Waals surface area contributed by atoms with E-state index in [0.717, 1.165) is 11.3 Å². The van der Waals surface area contributed by atoms with Crippen molar-refractivity contribution in [2.24, 2.45) is 0 Å². The molecule has 0 saturated heterocycles. The molecule has 0 radical (unpaired) electrons. The maximum absolute atomic E-state index is 9.19. The first-order chi connectivity index (χ1) is 9.01. The highest BCUT2D eigenvalue weighted by Gasteiger charge is 2.12. The molecule has 19 heavy (non-hydrogen) atoms. The van der Waals surface area contributed by atoms with E-state index in [1.54, 1.807) is 19.1 Å². The van der Waals surface area contributed by atoms with Crippen LogP contribution in [0.4, 0.5) is 0 Å². The highest BCUT2D eigenvalue weighted by molar-refractivity contribution is 6.32. The fraction of sp³-hybridized carbons (Fsp3) is 0.200. The molecule has 4 heteroatoms. The van der Waals surface area contributed by atoms with E-state index in [0.29, 0.717) is 27.8 Å². The van der Waals surface area contributed by atoms with Gasteiger partial charge >= 0.3 is 0 Å². The van der Waals surface area contributed by atoms with Crippen molar-refractivity contribution in [3.8, 4) is 17.6 Å². The first-order valence-electron chi connectivity index (χ1n) is 5.83. The van der Waals surface area contributed by atoms with Crippen LogP contribution in [0.5, 0.6) is 11.5 Å². The number of aryl methyl sites for hydroxylation is 3. The number of ether oxygens (including phenoxy) is 1. The van der Waals surface area contributed by atoms with Gasteiger partial charge in [-0.25, -0.2) is 0 Å². The maximum atomic E-state index is 9.19. The number of nitrogens with zero attached hydrogens (tertiary/aromatic N) is 2. The van der Waals surface area contributed by atoms with Gasteiger partial charge in [0.15, 0.2) is 0 Å². The first-order valence-corrected chi connectivity index (χ1v) is 6.21. The molecule has 0 saturated carbocycles. The summed E-state index contributed by atoms with van der Waals surface area (Å²) in [6.07, 6.45) is 0. The summed E-state index contributed by atoms with van der Waals surface area (Å²) in [5, 5.41) is 9.70. The van der Waals surface area contributed by atoms with Gasteiger partial charge in [-0.05, 0) is 38.5 Å². The van der Waals surface area contributed by atoms with Crippen LogP contribution in [0, 0.1) is 32.1 Å². The molecule has 1 heterocycles. The summed E-state index contributed by atoms with van der Waals surface area (Å²) in [5.74, 6) is 1.03. The zero-order valence-corrected chi connectivity index (χ0v) is 11.7. The van der Waals surface area contributed by atoms with Crippen LogP contribution in [0.2, 0.25) is 5.02 Å². The monoisotopic (exact) mass is 272 g/mol. The molecule has 0 aliphatic carbocycles. The van der Waals surface area contributed by atoms with Crippen molar-refractivity contribution in [2.45, 2.75) is 20.8 Å². The number of aromatic nitrogens is 1. The van der Waals surface area contributed by atoms with Crippen molar-refractivity contribution >= 4 is 11.6 Å². The molecule has 0 atom stereocenters. The summed E-state index contributed by atoms with van der Waals surface area (Å²) in [4.78, 5) is 4.25. The van der Waals surface area contributed by atoms with Crippen molar-refractivity contribution < 1.29 is 4.74 Å². The Morgan fingerprint density at radius 2 is 1.89 bits per heavy atom. The van der Waals surface area contributed by atoms with Gasteiger partial charge in [0.1, 0.15) is 23.1 Å². The molecule has 1 aromatic carbocycles. The fourth-order valence-electron chi connectivity index (χ4n) is 1.82. The predicted molar refractivity (Wildman–Crippen MR) is 74.7 cm³/mol. The number of halogens is 1. The third-order valence-corrected chi connectivity index (χ3v) is 3.02. The highest BCUT2D eigenvalue weighted by Crippen LogP contribution is 2.32. The van der Waals surface area contributed by atoms with Crippen LogP contribution in [-0.2, 0) is 0 Å². The van der Waals surface area contributed by atoms with Gasteiger partial charge in [-0.2, -0.15) is 5.26 Å². The predicted octanol–water partition coefficient (Wildman–Crippen LogP) is 4.32. The van der Waals surface area contributed by atoms with E-state index in [1.165, 1.54) is 0 Å². The van der Waals surface area contributed by atoms with Gasteiger partial charge in [-0.1, -0.05) is 17.7 Å². The Hall–Kier alpha value is -2.05. The van der Waals surface area contributed by atoms with E-state index in [2.05, 4.69) is 11.1 Å². The van der Waals surface area contributed by atoms with Crippen LogP contribution >= 0.6 is 11.6 Å². The number of rotatable bonds is 2. The Balaban J connectivity index is 2.49. The molecule has 0 spiro atoms. The molecule has 2 aromatic rings. The van der Waals surface area contributed by atoms with Crippen LogP contribution in [0.15, 0.2) is 24.3 Å². The van der Waals surface area contributed by atoms with Crippen molar-refractivity contribution in [2.75, 3.05) is 0 Å². The maximum Gasteiger partial charge on any atom is 0.148 e. The van der Waals surface area contributed by atoms with Gasteiger partial charge in [0.2, 0.25) is 0 Å². The molecule has 2 rings (SSSR count). The lowest BCUT2D eigenvalue weighted by atomic mass is 10.2. The van der Waals surface area contributed by atoms with Crippen molar-refractivity contribution in [1.29, 1.82) is 5.26 Å². The van der Waals surface area contributed by atoms with Gasteiger partial charge in [0, 0.05) is 11.8 Å². The van der Waals surface area contributed by atoms with Gasteiger partial charge in [-0.15, -0.1) is 0 Å². The van der Waals surface area contributed by atoms with E-state index in [-0.39, 0.29) is 0 Å². The molecule has 0 bridgehead atoms. The number of hydrogen-bond acceptors (Lipinski definition) is 3. The molecular formula is C15H13ClN2O. The van der Waals surface area contributed by atoms with E-state index >= 15 is 0 Å². The van der Waals surface area contributed by atoms with Crippen molar-refractivity contribution in [3.05, 3.63) is 51.8 Å². The van der Waals surface area contributed by atoms with E-state index in [9.17, 15) is 5.26 Å². The topological polar surface area (TPSA) is 45.9 Å². The van der Waals surface area contributed by atoms with Crippen LogP contribution in [0.3, 0.4) is 0 Å².